The van der Waals surface area contributed by atoms with Crippen LogP contribution in [0.15, 0.2) is 65.6 Å². The molecule has 172 valence electrons. The van der Waals surface area contributed by atoms with E-state index in [0.717, 1.165) is 16.6 Å². The summed E-state index contributed by atoms with van der Waals surface area (Å²) in [6.07, 6.45) is 3.31. The summed E-state index contributed by atoms with van der Waals surface area (Å²) in [4.78, 5) is 20.9. The highest BCUT2D eigenvalue weighted by molar-refractivity contribution is 5.90. The number of ether oxygens (including phenoxy) is 2. The number of methoxy groups -OCH3 is 1. The minimum absolute atomic E-state index is 0.106. The first-order valence-electron chi connectivity index (χ1n) is 10.4. The average Bonchev–Trinajstić information content (AvgIpc) is 3.60. The first-order chi connectivity index (χ1) is 17.1. The molecule has 6 rings (SSSR count). The fourth-order valence-corrected chi connectivity index (χ4v) is 3.78. The number of fused-ring (bicyclic) bond motifs is 2. The lowest BCUT2D eigenvalue weighted by Crippen LogP contribution is -2.01. The molecule has 0 bridgehead atoms. The smallest absolute Gasteiger partial charge is 0.337 e. The van der Waals surface area contributed by atoms with Gasteiger partial charge in [0, 0.05) is 17.1 Å². The molecule has 4 aromatic heterocycles. The van der Waals surface area contributed by atoms with Crippen molar-refractivity contribution < 1.29 is 18.9 Å². The van der Waals surface area contributed by atoms with Crippen LogP contribution < -0.4 is 10.5 Å². The van der Waals surface area contributed by atoms with E-state index in [9.17, 15) is 4.79 Å². The molecule has 2 aromatic carbocycles. The van der Waals surface area contributed by atoms with E-state index in [1.54, 1.807) is 42.7 Å². The molecule has 35 heavy (non-hydrogen) atoms. The molecule has 0 fully saturated rings. The number of esters is 1. The summed E-state index contributed by atoms with van der Waals surface area (Å²) in [5.41, 5.74) is 9.56. The van der Waals surface area contributed by atoms with Crippen LogP contribution in [0, 0.1) is 0 Å². The van der Waals surface area contributed by atoms with Crippen molar-refractivity contribution in [3.8, 4) is 28.8 Å². The Hall–Kier alpha value is -5.26. The zero-order chi connectivity index (χ0) is 23.9. The fraction of sp³-hybridized carbons (Fsp3) is 0.0435. The molecule has 12 heteroatoms. The van der Waals surface area contributed by atoms with Gasteiger partial charge in [0.1, 0.15) is 11.3 Å². The van der Waals surface area contributed by atoms with Crippen LogP contribution in [0.25, 0.3) is 39.1 Å². The molecule has 0 aliphatic heterocycles. The van der Waals surface area contributed by atoms with Crippen molar-refractivity contribution in [3.05, 3.63) is 66.5 Å². The molecule has 6 aromatic rings. The van der Waals surface area contributed by atoms with Crippen LogP contribution in [-0.4, -0.2) is 48.1 Å². The zero-order valence-electron chi connectivity index (χ0n) is 18.2. The van der Waals surface area contributed by atoms with Gasteiger partial charge >= 0.3 is 5.97 Å². The van der Waals surface area contributed by atoms with E-state index in [0.29, 0.717) is 39.7 Å². The van der Waals surface area contributed by atoms with Crippen LogP contribution in [0.4, 0.5) is 5.82 Å². The van der Waals surface area contributed by atoms with Gasteiger partial charge < -0.3 is 15.2 Å². The Morgan fingerprint density at radius 3 is 2.86 bits per heavy atom. The summed E-state index contributed by atoms with van der Waals surface area (Å²) in [5.74, 6) is 0.789. The Morgan fingerprint density at radius 1 is 1.11 bits per heavy atom. The number of nitrogens with one attached hydrogen (secondary N) is 1. The maximum absolute atomic E-state index is 11.9. The number of pyridine rings is 1. The highest BCUT2D eigenvalue weighted by Crippen LogP contribution is 2.33. The standard InChI is InChI=1S/C23H16N8O4/c1-33-23(32)12-3-2-4-15(8-12)34-19-9-18-17(11-25-19)27-22(20-21(24)30-35-29-20)31(18)14-5-6-16-13(7-14)10-26-28-16/h2-11H,1H3,(H2,24,30)(H,26,28). The second-order valence-electron chi connectivity index (χ2n) is 7.54. The minimum atomic E-state index is -0.463. The number of benzene rings is 2. The van der Waals surface area contributed by atoms with Crippen LogP contribution in [0.5, 0.6) is 11.6 Å². The number of rotatable bonds is 5. The van der Waals surface area contributed by atoms with Crippen molar-refractivity contribution in [2.24, 2.45) is 0 Å². The Bertz CT molecular complexity index is 1720. The van der Waals surface area contributed by atoms with Gasteiger partial charge in [-0.3, -0.25) is 9.67 Å². The number of hydrogen-bond donors (Lipinski definition) is 2. The SMILES string of the molecule is COC(=O)c1cccc(Oc2cc3c(cn2)nc(-c2nonc2N)n3-c2ccc3[nH]ncc3c2)c1. The van der Waals surface area contributed by atoms with Crippen LogP contribution in [0.3, 0.4) is 0 Å². The molecule has 0 atom stereocenters. The molecule has 12 nitrogen and oxygen atoms in total. The summed E-state index contributed by atoms with van der Waals surface area (Å²) < 4.78 is 17.4. The second kappa shape index (κ2) is 7.95. The van der Waals surface area contributed by atoms with Gasteiger partial charge in [0.15, 0.2) is 17.3 Å². The maximum atomic E-state index is 11.9. The molecule has 0 aliphatic rings. The number of nitrogen functional groups attached to an aromatic ring is 1. The number of H-pyrrole nitrogens is 1. The molecule has 3 N–H and O–H groups in total. The van der Waals surface area contributed by atoms with Crippen LogP contribution in [0.1, 0.15) is 10.4 Å². The number of anilines is 1. The van der Waals surface area contributed by atoms with E-state index in [-0.39, 0.29) is 5.82 Å². The van der Waals surface area contributed by atoms with Crippen molar-refractivity contribution >= 4 is 33.7 Å². The van der Waals surface area contributed by atoms with Crippen LogP contribution in [-0.2, 0) is 4.74 Å². The van der Waals surface area contributed by atoms with Gasteiger partial charge in [-0.15, -0.1) is 0 Å². The lowest BCUT2D eigenvalue weighted by molar-refractivity contribution is 0.0600. The average molecular weight is 468 g/mol. The number of hydrogen-bond acceptors (Lipinski definition) is 10. The Morgan fingerprint density at radius 2 is 2.03 bits per heavy atom. The molecular weight excluding hydrogens is 452 g/mol. The summed E-state index contributed by atoms with van der Waals surface area (Å²) in [5, 5.41) is 15.6. The minimum Gasteiger partial charge on any atom is -0.465 e. The van der Waals surface area contributed by atoms with E-state index < -0.39 is 5.97 Å². The van der Waals surface area contributed by atoms with Crippen molar-refractivity contribution in [1.29, 1.82) is 0 Å². The van der Waals surface area contributed by atoms with Gasteiger partial charge in [0.05, 0.1) is 36.1 Å². The zero-order valence-corrected chi connectivity index (χ0v) is 18.2. The van der Waals surface area contributed by atoms with E-state index in [4.69, 9.17) is 19.8 Å². The number of aromatic nitrogens is 7. The van der Waals surface area contributed by atoms with Gasteiger partial charge in [-0.1, -0.05) is 6.07 Å². The highest BCUT2D eigenvalue weighted by atomic mass is 16.6. The second-order valence-corrected chi connectivity index (χ2v) is 7.54. The molecule has 0 saturated heterocycles. The third-order valence-electron chi connectivity index (χ3n) is 5.40. The monoisotopic (exact) mass is 468 g/mol. The summed E-state index contributed by atoms with van der Waals surface area (Å²) in [6, 6.07) is 14.1. The molecule has 0 aliphatic carbocycles. The fourth-order valence-electron chi connectivity index (χ4n) is 3.78. The number of nitrogens with zero attached hydrogens (tertiary/aromatic N) is 6. The van der Waals surface area contributed by atoms with Gasteiger partial charge in [0.25, 0.3) is 0 Å². The van der Waals surface area contributed by atoms with E-state index in [1.807, 2.05) is 22.8 Å². The van der Waals surface area contributed by atoms with E-state index >= 15 is 0 Å². The third kappa shape index (κ3) is 3.49. The predicted molar refractivity (Wildman–Crippen MR) is 124 cm³/mol. The topological polar surface area (TPSA) is 160 Å². The lowest BCUT2D eigenvalue weighted by atomic mass is 10.2. The van der Waals surface area contributed by atoms with E-state index in [2.05, 4.69) is 30.5 Å². The van der Waals surface area contributed by atoms with E-state index in [1.165, 1.54) is 7.11 Å². The summed E-state index contributed by atoms with van der Waals surface area (Å²) in [7, 11) is 1.32. The molecule has 0 amide bonds. The van der Waals surface area contributed by atoms with Gasteiger partial charge in [-0.2, -0.15) is 5.10 Å². The number of carbonyl (C=O) groups is 1. The van der Waals surface area contributed by atoms with Crippen molar-refractivity contribution in [2.45, 2.75) is 0 Å². The Balaban J connectivity index is 1.50. The molecule has 4 heterocycles. The quantitative estimate of drug-likeness (QED) is 0.358. The molecule has 0 radical (unpaired) electrons. The highest BCUT2D eigenvalue weighted by Gasteiger charge is 2.21. The molecule has 0 saturated carbocycles. The normalized spacial score (nSPS) is 11.2. The first-order valence-corrected chi connectivity index (χ1v) is 10.4. The van der Waals surface area contributed by atoms with Gasteiger partial charge in [-0.25, -0.2) is 19.4 Å². The number of aromatic amines is 1. The Labute approximate surface area is 196 Å². The number of imidazole rings is 1. The lowest BCUT2D eigenvalue weighted by Gasteiger charge is -2.10. The van der Waals surface area contributed by atoms with Crippen LogP contribution in [0.2, 0.25) is 0 Å². The third-order valence-corrected chi connectivity index (χ3v) is 5.40. The summed E-state index contributed by atoms with van der Waals surface area (Å²) >= 11 is 0. The number of nitrogens with two attached hydrogens (primary N) is 1. The molecular formula is C23H16N8O4. The first kappa shape index (κ1) is 20.4. The number of carbonyl (C=O) groups excluding carboxylic acids is 1. The summed E-state index contributed by atoms with van der Waals surface area (Å²) in [6.45, 7) is 0. The van der Waals surface area contributed by atoms with Crippen molar-refractivity contribution in [1.82, 2.24) is 35.0 Å². The molecule has 0 spiro atoms. The van der Waals surface area contributed by atoms with Crippen molar-refractivity contribution in [2.75, 3.05) is 12.8 Å². The van der Waals surface area contributed by atoms with Gasteiger partial charge in [-0.05, 0) is 46.7 Å². The maximum Gasteiger partial charge on any atom is 0.337 e. The predicted octanol–water partition coefficient (Wildman–Crippen LogP) is 3.51. The van der Waals surface area contributed by atoms with Gasteiger partial charge in [0.2, 0.25) is 5.88 Å². The van der Waals surface area contributed by atoms with Crippen LogP contribution >= 0.6 is 0 Å². The Kier molecular flexibility index (Phi) is 4.62. The van der Waals surface area contributed by atoms with Crippen molar-refractivity contribution in [3.63, 3.8) is 0 Å². The largest absolute Gasteiger partial charge is 0.465 e. The molecule has 0 unspecified atom stereocenters.